The van der Waals surface area contributed by atoms with E-state index >= 15 is 0 Å². The fourth-order valence-electron chi connectivity index (χ4n) is 3.49. The van der Waals surface area contributed by atoms with Crippen LogP contribution in [0.3, 0.4) is 0 Å². The standard InChI is InChI=1S/C20H26N2O2S/c1-14-5-7-15(8-6-14)17-11-22(12-18(17)21(2)3)20(23)19-10-9-16(25-19)13-24-4/h5-10,17-18H,11-13H2,1-4H3/t17-,18+/m0/s1. The van der Waals surface area contributed by atoms with Gasteiger partial charge in [-0.1, -0.05) is 29.8 Å². The number of thiophene rings is 1. The zero-order valence-electron chi connectivity index (χ0n) is 15.4. The molecule has 2 heterocycles. The Morgan fingerprint density at radius 3 is 2.56 bits per heavy atom. The van der Waals surface area contributed by atoms with Gasteiger partial charge in [0.1, 0.15) is 0 Å². The highest BCUT2D eigenvalue weighted by Gasteiger charge is 2.37. The third kappa shape index (κ3) is 3.94. The summed E-state index contributed by atoms with van der Waals surface area (Å²) < 4.78 is 5.16. The van der Waals surface area contributed by atoms with Crippen molar-refractivity contribution in [2.45, 2.75) is 25.5 Å². The summed E-state index contributed by atoms with van der Waals surface area (Å²) in [5.74, 6) is 0.478. The van der Waals surface area contributed by atoms with Gasteiger partial charge in [-0.25, -0.2) is 0 Å². The van der Waals surface area contributed by atoms with Gasteiger partial charge in [-0.15, -0.1) is 11.3 Å². The highest BCUT2D eigenvalue weighted by molar-refractivity contribution is 7.14. The van der Waals surface area contributed by atoms with Gasteiger partial charge in [-0.3, -0.25) is 4.79 Å². The molecule has 0 spiro atoms. The van der Waals surface area contributed by atoms with Crippen LogP contribution in [-0.2, 0) is 11.3 Å². The summed E-state index contributed by atoms with van der Waals surface area (Å²) in [4.78, 5) is 19.1. The van der Waals surface area contributed by atoms with E-state index in [4.69, 9.17) is 4.74 Å². The molecule has 1 aliphatic rings. The molecule has 0 saturated carbocycles. The molecule has 0 aliphatic carbocycles. The van der Waals surface area contributed by atoms with Crippen LogP contribution < -0.4 is 0 Å². The molecule has 2 atom stereocenters. The molecular weight excluding hydrogens is 332 g/mol. The third-order valence-corrected chi connectivity index (χ3v) is 5.95. The number of aryl methyl sites for hydroxylation is 1. The fourth-order valence-corrected chi connectivity index (χ4v) is 4.43. The summed E-state index contributed by atoms with van der Waals surface area (Å²) in [7, 11) is 5.87. The molecule has 134 valence electrons. The van der Waals surface area contributed by atoms with Gasteiger partial charge in [0.05, 0.1) is 11.5 Å². The predicted molar refractivity (Wildman–Crippen MR) is 102 cm³/mol. The Hall–Kier alpha value is -1.69. The van der Waals surface area contributed by atoms with Crippen molar-refractivity contribution in [1.29, 1.82) is 0 Å². The van der Waals surface area contributed by atoms with Crippen LogP contribution in [0.1, 0.15) is 31.6 Å². The van der Waals surface area contributed by atoms with E-state index in [1.807, 2.05) is 17.0 Å². The van der Waals surface area contributed by atoms with Crippen LogP contribution in [0, 0.1) is 6.92 Å². The Morgan fingerprint density at radius 1 is 1.20 bits per heavy atom. The van der Waals surface area contributed by atoms with Crippen LogP contribution in [0.2, 0.25) is 0 Å². The van der Waals surface area contributed by atoms with Crippen molar-refractivity contribution >= 4 is 17.2 Å². The maximum absolute atomic E-state index is 12.9. The molecule has 1 aromatic heterocycles. The van der Waals surface area contributed by atoms with Gasteiger partial charge in [0.2, 0.25) is 0 Å². The molecule has 0 unspecified atom stereocenters. The second-order valence-corrected chi connectivity index (χ2v) is 8.13. The number of likely N-dealkylation sites (N-methyl/N-ethyl adjacent to an activating group) is 1. The summed E-state index contributed by atoms with van der Waals surface area (Å²) in [5.41, 5.74) is 2.58. The molecule has 1 aromatic carbocycles. The van der Waals surface area contributed by atoms with Crippen LogP contribution >= 0.6 is 11.3 Å². The van der Waals surface area contributed by atoms with Gasteiger partial charge >= 0.3 is 0 Å². The molecule has 5 heteroatoms. The Kier molecular flexibility index (Phi) is 5.57. The van der Waals surface area contributed by atoms with Crippen molar-refractivity contribution in [3.05, 3.63) is 57.3 Å². The molecule has 1 fully saturated rings. The molecule has 0 N–H and O–H groups in total. The van der Waals surface area contributed by atoms with Crippen molar-refractivity contribution in [3.63, 3.8) is 0 Å². The number of hydrogen-bond acceptors (Lipinski definition) is 4. The number of amides is 1. The smallest absolute Gasteiger partial charge is 0.264 e. The maximum atomic E-state index is 12.9. The second-order valence-electron chi connectivity index (χ2n) is 6.96. The highest BCUT2D eigenvalue weighted by atomic mass is 32.1. The molecular formula is C20H26N2O2S. The van der Waals surface area contributed by atoms with Crippen molar-refractivity contribution in [2.24, 2.45) is 0 Å². The first kappa shape index (κ1) is 18.1. The molecule has 3 rings (SSSR count). The van der Waals surface area contributed by atoms with Gasteiger partial charge < -0.3 is 14.5 Å². The molecule has 25 heavy (non-hydrogen) atoms. The number of ether oxygens (including phenoxy) is 1. The number of rotatable bonds is 5. The average molecular weight is 359 g/mol. The van der Waals surface area contributed by atoms with Crippen molar-refractivity contribution < 1.29 is 9.53 Å². The number of nitrogens with zero attached hydrogens (tertiary/aromatic N) is 2. The molecule has 1 saturated heterocycles. The van der Waals surface area contributed by atoms with Crippen LogP contribution in [0.4, 0.5) is 0 Å². The third-order valence-electron chi connectivity index (χ3n) is 4.90. The number of benzene rings is 1. The van der Waals surface area contributed by atoms with E-state index in [0.29, 0.717) is 18.6 Å². The normalized spacial score (nSPS) is 20.4. The van der Waals surface area contributed by atoms with E-state index in [9.17, 15) is 4.79 Å². The van der Waals surface area contributed by atoms with Crippen molar-refractivity contribution in [1.82, 2.24) is 9.80 Å². The average Bonchev–Trinajstić information content (AvgIpc) is 3.22. The quantitative estimate of drug-likeness (QED) is 0.821. The van der Waals surface area contributed by atoms with E-state index in [-0.39, 0.29) is 5.91 Å². The van der Waals surface area contributed by atoms with E-state index in [2.05, 4.69) is 50.2 Å². The molecule has 4 nitrogen and oxygen atoms in total. The second kappa shape index (κ2) is 7.68. The van der Waals surface area contributed by atoms with Crippen LogP contribution in [-0.4, -0.2) is 56.0 Å². The topological polar surface area (TPSA) is 32.8 Å². The number of hydrogen-bond donors (Lipinski definition) is 0. The van der Waals surface area contributed by atoms with Gasteiger partial charge in [0.15, 0.2) is 0 Å². The predicted octanol–water partition coefficient (Wildman–Crippen LogP) is 3.37. The summed E-state index contributed by atoms with van der Waals surface area (Å²) in [5, 5.41) is 0. The lowest BCUT2D eigenvalue weighted by Crippen LogP contribution is -2.35. The van der Waals surface area contributed by atoms with Crippen molar-refractivity contribution in [2.75, 3.05) is 34.3 Å². The Morgan fingerprint density at radius 2 is 1.92 bits per heavy atom. The lowest BCUT2D eigenvalue weighted by atomic mass is 9.93. The molecule has 0 bridgehead atoms. The number of carbonyl (C=O) groups is 1. The Balaban J connectivity index is 1.79. The minimum atomic E-state index is 0.133. The lowest BCUT2D eigenvalue weighted by Gasteiger charge is -2.25. The summed E-state index contributed by atoms with van der Waals surface area (Å²) in [6.45, 7) is 4.19. The van der Waals surface area contributed by atoms with Crippen LogP contribution in [0.25, 0.3) is 0 Å². The lowest BCUT2D eigenvalue weighted by molar-refractivity contribution is 0.0787. The summed E-state index contributed by atoms with van der Waals surface area (Å²) in [6.07, 6.45) is 0. The first-order valence-electron chi connectivity index (χ1n) is 8.59. The van der Waals surface area contributed by atoms with Crippen LogP contribution in [0.15, 0.2) is 36.4 Å². The van der Waals surface area contributed by atoms with Gasteiger partial charge in [0, 0.05) is 37.0 Å². The maximum Gasteiger partial charge on any atom is 0.264 e. The number of methoxy groups -OCH3 is 1. The molecule has 1 aliphatic heterocycles. The van der Waals surface area contributed by atoms with Gasteiger partial charge in [0.25, 0.3) is 5.91 Å². The molecule has 0 radical (unpaired) electrons. The zero-order chi connectivity index (χ0) is 18.0. The van der Waals surface area contributed by atoms with E-state index in [1.165, 1.54) is 22.5 Å². The van der Waals surface area contributed by atoms with E-state index in [0.717, 1.165) is 22.8 Å². The number of carbonyl (C=O) groups excluding carboxylic acids is 1. The Bertz CT molecular complexity index is 724. The SMILES string of the molecule is COCc1ccc(C(=O)N2C[C@@H](N(C)C)[C@H](c3ccc(C)cc3)C2)s1. The van der Waals surface area contributed by atoms with E-state index in [1.54, 1.807) is 7.11 Å². The minimum Gasteiger partial charge on any atom is -0.379 e. The number of likely N-dealkylation sites (tertiary alicyclic amines) is 1. The van der Waals surface area contributed by atoms with E-state index < -0.39 is 0 Å². The highest BCUT2D eigenvalue weighted by Crippen LogP contribution is 2.32. The fraction of sp³-hybridized carbons (Fsp3) is 0.450. The zero-order valence-corrected chi connectivity index (χ0v) is 16.2. The van der Waals surface area contributed by atoms with Crippen LogP contribution in [0.5, 0.6) is 0 Å². The molecule has 1 amide bonds. The largest absolute Gasteiger partial charge is 0.379 e. The van der Waals surface area contributed by atoms with Crippen molar-refractivity contribution in [3.8, 4) is 0 Å². The first-order valence-corrected chi connectivity index (χ1v) is 9.41. The van der Waals surface area contributed by atoms with Gasteiger partial charge in [-0.2, -0.15) is 0 Å². The summed E-state index contributed by atoms with van der Waals surface area (Å²) in [6, 6.07) is 13.0. The first-order chi connectivity index (χ1) is 12.0. The monoisotopic (exact) mass is 358 g/mol. The summed E-state index contributed by atoms with van der Waals surface area (Å²) >= 11 is 1.53. The Labute approximate surface area is 154 Å². The van der Waals surface area contributed by atoms with Gasteiger partial charge in [-0.05, 0) is 38.7 Å². The minimum absolute atomic E-state index is 0.133. The molecule has 2 aromatic rings.